The second kappa shape index (κ2) is 5.61. The van der Waals surface area contributed by atoms with Gasteiger partial charge in [-0.25, -0.2) is 0 Å². The van der Waals surface area contributed by atoms with E-state index in [4.69, 9.17) is 19.0 Å². The van der Waals surface area contributed by atoms with Crippen LogP contribution >= 0.6 is 0 Å². The minimum atomic E-state index is -0.673. The molecule has 2 N–H and O–H groups in total. The van der Waals surface area contributed by atoms with Crippen LogP contribution in [0.2, 0.25) is 0 Å². The predicted octanol–water partition coefficient (Wildman–Crippen LogP) is 3.24. The number of furan rings is 1. The molecular formula is C18H16O5. The Hall–Kier alpha value is -2.50. The van der Waals surface area contributed by atoms with Gasteiger partial charge in [-0.2, -0.15) is 0 Å². The zero-order valence-corrected chi connectivity index (χ0v) is 12.4. The van der Waals surface area contributed by atoms with Crippen LogP contribution < -0.4 is 9.47 Å². The van der Waals surface area contributed by atoms with Gasteiger partial charge >= 0.3 is 0 Å². The van der Waals surface area contributed by atoms with Crippen LogP contribution in [0.15, 0.2) is 46.9 Å². The summed E-state index contributed by atoms with van der Waals surface area (Å²) in [6.45, 7) is 0.193. The van der Waals surface area contributed by atoms with E-state index < -0.39 is 6.10 Å². The second-order valence-electron chi connectivity index (χ2n) is 5.50. The first-order valence-corrected chi connectivity index (χ1v) is 7.47. The van der Waals surface area contributed by atoms with Crippen molar-refractivity contribution >= 4 is 11.0 Å². The zero-order valence-electron chi connectivity index (χ0n) is 12.4. The van der Waals surface area contributed by atoms with Crippen molar-refractivity contribution in [2.75, 3.05) is 13.4 Å². The van der Waals surface area contributed by atoms with Crippen LogP contribution in [-0.4, -0.2) is 23.6 Å². The summed E-state index contributed by atoms with van der Waals surface area (Å²) in [5.41, 5.74) is 2.42. The smallest absolute Gasteiger partial charge is 0.231 e. The molecule has 118 valence electrons. The van der Waals surface area contributed by atoms with Crippen molar-refractivity contribution < 1.29 is 24.1 Å². The minimum absolute atomic E-state index is 0.0486. The Morgan fingerprint density at radius 2 is 1.87 bits per heavy atom. The Balaban J connectivity index is 1.71. The molecule has 0 spiro atoms. The summed E-state index contributed by atoms with van der Waals surface area (Å²) in [6, 6.07) is 13.1. The fourth-order valence-corrected chi connectivity index (χ4v) is 2.75. The van der Waals surface area contributed by atoms with Gasteiger partial charge in [0.05, 0.1) is 6.10 Å². The summed E-state index contributed by atoms with van der Waals surface area (Å²) < 4.78 is 16.6. The van der Waals surface area contributed by atoms with Crippen molar-refractivity contribution in [3.8, 4) is 22.8 Å². The van der Waals surface area contributed by atoms with Crippen molar-refractivity contribution in [2.45, 2.75) is 12.5 Å². The van der Waals surface area contributed by atoms with Gasteiger partial charge in [0.25, 0.3) is 0 Å². The van der Waals surface area contributed by atoms with E-state index in [9.17, 15) is 5.11 Å². The van der Waals surface area contributed by atoms with Gasteiger partial charge in [-0.3, -0.25) is 0 Å². The number of benzene rings is 2. The molecule has 3 aromatic rings. The summed E-state index contributed by atoms with van der Waals surface area (Å²) >= 11 is 0. The molecule has 1 aliphatic rings. The maximum Gasteiger partial charge on any atom is 0.231 e. The van der Waals surface area contributed by atoms with E-state index in [1.165, 1.54) is 0 Å². The molecule has 0 saturated heterocycles. The van der Waals surface area contributed by atoms with Crippen LogP contribution in [0.5, 0.6) is 11.5 Å². The lowest BCUT2D eigenvalue weighted by Gasteiger charge is -2.08. The van der Waals surface area contributed by atoms with Gasteiger partial charge in [0.2, 0.25) is 6.79 Å². The highest BCUT2D eigenvalue weighted by atomic mass is 16.7. The molecule has 23 heavy (non-hydrogen) atoms. The summed E-state index contributed by atoms with van der Waals surface area (Å²) in [5.74, 6) is 2.17. The molecule has 1 aromatic heterocycles. The molecule has 5 heteroatoms. The summed E-state index contributed by atoms with van der Waals surface area (Å²) in [4.78, 5) is 0. The minimum Gasteiger partial charge on any atom is -0.456 e. The largest absolute Gasteiger partial charge is 0.456 e. The van der Waals surface area contributed by atoms with Crippen molar-refractivity contribution in [2.24, 2.45) is 0 Å². The number of aliphatic hydroxyl groups is 2. The van der Waals surface area contributed by atoms with E-state index in [2.05, 4.69) is 0 Å². The SMILES string of the molecule is OCC[C@H](O)c1ccc2oc(-c3ccc4c(c3)OCO4)cc2c1. The van der Waals surface area contributed by atoms with Gasteiger partial charge in [0.15, 0.2) is 11.5 Å². The zero-order chi connectivity index (χ0) is 15.8. The second-order valence-corrected chi connectivity index (χ2v) is 5.50. The monoisotopic (exact) mass is 312 g/mol. The van der Waals surface area contributed by atoms with Crippen LogP contribution in [0, 0.1) is 0 Å². The van der Waals surface area contributed by atoms with Crippen LogP contribution in [-0.2, 0) is 0 Å². The van der Waals surface area contributed by atoms with Gasteiger partial charge < -0.3 is 24.1 Å². The quantitative estimate of drug-likeness (QED) is 0.774. The van der Waals surface area contributed by atoms with Gasteiger partial charge in [0, 0.05) is 24.0 Å². The summed E-state index contributed by atoms with van der Waals surface area (Å²) in [5, 5.41) is 19.8. The van der Waals surface area contributed by atoms with Crippen LogP contribution in [0.1, 0.15) is 18.1 Å². The third-order valence-corrected chi connectivity index (χ3v) is 3.98. The van der Waals surface area contributed by atoms with Crippen molar-refractivity contribution in [1.29, 1.82) is 0 Å². The summed E-state index contributed by atoms with van der Waals surface area (Å²) in [6.07, 6.45) is -0.355. The Morgan fingerprint density at radius 1 is 1.00 bits per heavy atom. The number of aliphatic hydroxyl groups excluding tert-OH is 2. The molecule has 4 rings (SSSR count). The van der Waals surface area contributed by atoms with Crippen molar-refractivity contribution in [1.82, 2.24) is 0 Å². The normalized spacial score (nSPS) is 14.3. The molecule has 0 bridgehead atoms. The van der Waals surface area contributed by atoms with Gasteiger partial charge in [-0.05, 0) is 42.0 Å². The summed E-state index contributed by atoms with van der Waals surface area (Å²) in [7, 11) is 0. The molecular weight excluding hydrogens is 296 g/mol. The number of fused-ring (bicyclic) bond motifs is 2. The molecule has 0 fully saturated rings. The number of hydrogen-bond donors (Lipinski definition) is 2. The predicted molar refractivity (Wildman–Crippen MR) is 84.4 cm³/mol. The molecule has 0 saturated carbocycles. The van der Waals surface area contributed by atoms with Gasteiger partial charge in [0.1, 0.15) is 11.3 Å². The number of hydrogen-bond acceptors (Lipinski definition) is 5. The van der Waals surface area contributed by atoms with E-state index in [-0.39, 0.29) is 13.4 Å². The Labute approximate surface area is 132 Å². The first-order valence-electron chi connectivity index (χ1n) is 7.47. The fourth-order valence-electron chi connectivity index (χ4n) is 2.75. The van der Waals surface area contributed by atoms with E-state index >= 15 is 0 Å². The standard InChI is InChI=1S/C18H16O5/c19-6-5-14(20)11-1-3-15-13(7-11)9-17(23-15)12-2-4-16-18(8-12)22-10-21-16/h1-4,7-9,14,19-20H,5-6,10H2/t14-/m0/s1. The molecule has 1 atom stereocenters. The molecule has 0 radical (unpaired) electrons. The Kier molecular flexibility index (Phi) is 3.44. The van der Waals surface area contributed by atoms with Crippen LogP contribution in [0.25, 0.3) is 22.3 Å². The molecule has 1 aliphatic heterocycles. The fraction of sp³-hybridized carbons (Fsp3) is 0.222. The topological polar surface area (TPSA) is 72.1 Å². The van der Waals surface area contributed by atoms with Gasteiger partial charge in [-0.1, -0.05) is 6.07 Å². The first-order chi connectivity index (χ1) is 11.2. The van der Waals surface area contributed by atoms with E-state index in [0.29, 0.717) is 12.2 Å². The first kappa shape index (κ1) is 14.1. The highest BCUT2D eigenvalue weighted by molar-refractivity contribution is 5.84. The van der Waals surface area contributed by atoms with E-state index in [0.717, 1.165) is 33.6 Å². The van der Waals surface area contributed by atoms with Crippen LogP contribution in [0.4, 0.5) is 0 Å². The Morgan fingerprint density at radius 3 is 2.74 bits per heavy atom. The number of rotatable bonds is 4. The maximum atomic E-state index is 9.99. The maximum absolute atomic E-state index is 9.99. The van der Waals surface area contributed by atoms with Crippen molar-refractivity contribution in [3.05, 3.63) is 48.0 Å². The molecule has 0 aliphatic carbocycles. The lowest BCUT2D eigenvalue weighted by molar-refractivity contribution is 0.134. The molecule has 2 heterocycles. The van der Waals surface area contributed by atoms with Crippen molar-refractivity contribution in [3.63, 3.8) is 0 Å². The molecule has 0 amide bonds. The molecule has 0 unspecified atom stereocenters. The van der Waals surface area contributed by atoms with Gasteiger partial charge in [-0.15, -0.1) is 0 Å². The Bertz CT molecular complexity index is 852. The average molecular weight is 312 g/mol. The van der Waals surface area contributed by atoms with E-state index in [1.54, 1.807) is 0 Å². The van der Waals surface area contributed by atoms with Crippen LogP contribution in [0.3, 0.4) is 0 Å². The average Bonchev–Trinajstić information content (AvgIpc) is 3.19. The van der Waals surface area contributed by atoms with E-state index in [1.807, 2.05) is 42.5 Å². The highest BCUT2D eigenvalue weighted by Gasteiger charge is 2.16. The molecule has 5 nitrogen and oxygen atoms in total. The lowest BCUT2D eigenvalue weighted by atomic mass is 10.0. The number of ether oxygens (including phenoxy) is 2. The third kappa shape index (κ3) is 2.54. The lowest BCUT2D eigenvalue weighted by Crippen LogP contribution is -1.99. The third-order valence-electron chi connectivity index (χ3n) is 3.98. The molecule has 2 aromatic carbocycles. The highest BCUT2D eigenvalue weighted by Crippen LogP contribution is 2.37.